The van der Waals surface area contributed by atoms with Gasteiger partial charge in [0.25, 0.3) is 5.91 Å². The topological polar surface area (TPSA) is 68.5 Å². The lowest BCUT2D eigenvalue weighted by Crippen LogP contribution is -2.20. The van der Waals surface area contributed by atoms with E-state index in [1.807, 2.05) is 0 Å². The van der Waals surface area contributed by atoms with Gasteiger partial charge in [-0.25, -0.2) is 4.79 Å². The van der Waals surface area contributed by atoms with Gasteiger partial charge in [0.1, 0.15) is 17.1 Å². The van der Waals surface area contributed by atoms with Crippen LogP contribution in [0.15, 0.2) is 75.9 Å². The maximum atomic E-state index is 12.6. The van der Waals surface area contributed by atoms with E-state index in [0.717, 1.165) is 0 Å². The molecule has 0 atom stereocenters. The monoisotopic (exact) mass is 459 g/mol. The number of halogens is 3. The molecule has 0 aliphatic carbocycles. The molecule has 8 heteroatoms. The maximum Gasteiger partial charge on any atom is 0.349 e. The molecule has 150 valence electrons. The summed E-state index contributed by atoms with van der Waals surface area (Å²) in [4.78, 5) is 24.8. The van der Waals surface area contributed by atoms with Gasteiger partial charge in [0.05, 0.1) is 5.02 Å². The summed E-state index contributed by atoms with van der Waals surface area (Å²) < 4.78 is 10.9. The Bertz CT molecular complexity index is 1300. The number of ether oxygens (including phenoxy) is 1. The summed E-state index contributed by atoms with van der Waals surface area (Å²) in [5.74, 6) is 0.584. The molecule has 1 amide bonds. The molecule has 0 aliphatic rings. The van der Waals surface area contributed by atoms with E-state index in [9.17, 15) is 9.59 Å². The Morgan fingerprint density at radius 2 is 1.47 bits per heavy atom. The Labute approximate surface area is 185 Å². The summed E-state index contributed by atoms with van der Waals surface area (Å²) in [7, 11) is 0. The van der Waals surface area contributed by atoms with Gasteiger partial charge in [-0.15, -0.1) is 0 Å². The van der Waals surface area contributed by atoms with Crippen LogP contribution in [0.4, 0.5) is 5.69 Å². The SMILES string of the molecule is O=C(Nc1ccc(Oc2ccc(Cl)cc2)cc1)c1cc2cc(Cl)cc(Cl)c2oc1=O. The highest BCUT2D eigenvalue weighted by molar-refractivity contribution is 6.38. The molecule has 4 aromatic rings. The van der Waals surface area contributed by atoms with Crippen molar-refractivity contribution >= 4 is 57.4 Å². The molecule has 0 unspecified atom stereocenters. The average molecular weight is 461 g/mol. The molecule has 4 rings (SSSR count). The maximum absolute atomic E-state index is 12.6. The van der Waals surface area contributed by atoms with E-state index in [4.69, 9.17) is 44.0 Å². The van der Waals surface area contributed by atoms with Crippen LogP contribution < -0.4 is 15.7 Å². The highest BCUT2D eigenvalue weighted by atomic mass is 35.5. The first kappa shape index (κ1) is 20.3. The van der Waals surface area contributed by atoms with Gasteiger partial charge in [-0.1, -0.05) is 34.8 Å². The molecule has 1 heterocycles. The summed E-state index contributed by atoms with van der Waals surface area (Å²) >= 11 is 17.9. The second kappa shape index (κ2) is 8.40. The molecule has 0 saturated heterocycles. The van der Waals surface area contributed by atoms with Gasteiger partial charge >= 0.3 is 5.63 Å². The standard InChI is InChI=1S/C22H12Cl3NO4/c23-13-1-5-16(6-2-13)29-17-7-3-15(4-8-17)26-21(27)18-10-12-9-14(24)11-19(25)20(12)30-22(18)28/h1-11H,(H,26,27). The van der Waals surface area contributed by atoms with Crippen LogP contribution >= 0.6 is 34.8 Å². The molecule has 0 aliphatic heterocycles. The van der Waals surface area contributed by atoms with Crippen LogP contribution in [0.25, 0.3) is 11.0 Å². The summed E-state index contributed by atoms with van der Waals surface area (Å²) in [5, 5.41) is 4.27. The largest absolute Gasteiger partial charge is 0.457 e. The molecule has 0 bridgehead atoms. The van der Waals surface area contributed by atoms with Crippen LogP contribution in [0.1, 0.15) is 10.4 Å². The highest BCUT2D eigenvalue weighted by Crippen LogP contribution is 2.28. The van der Waals surface area contributed by atoms with Crippen molar-refractivity contribution in [2.45, 2.75) is 0 Å². The molecule has 1 N–H and O–H groups in total. The number of fused-ring (bicyclic) bond motifs is 1. The van der Waals surface area contributed by atoms with Crippen molar-refractivity contribution in [3.63, 3.8) is 0 Å². The molecule has 0 fully saturated rings. The molecule has 5 nitrogen and oxygen atoms in total. The third kappa shape index (κ3) is 4.44. The molecule has 0 saturated carbocycles. The third-order valence-corrected chi connectivity index (χ3v) is 4.91. The Morgan fingerprint density at radius 3 is 2.13 bits per heavy atom. The van der Waals surface area contributed by atoms with E-state index < -0.39 is 11.5 Å². The lowest BCUT2D eigenvalue weighted by molar-refractivity contribution is 0.102. The molecule has 0 spiro atoms. The van der Waals surface area contributed by atoms with E-state index in [-0.39, 0.29) is 16.2 Å². The zero-order valence-corrected chi connectivity index (χ0v) is 17.4. The van der Waals surface area contributed by atoms with Gasteiger partial charge in [0.15, 0.2) is 5.58 Å². The lowest BCUT2D eigenvalue weighted by Gasteiger charge is -2.08. The second-order valence-corrected chi connectivity index (χ2v) is 7.57. The van der Waals surface area contributed by atoms with Crippen molar-refractivity contribution < 1.29 is 13.9 Å². The van der Waals surface area contributed by atoms with Crippen molar-refractivity contribution in [2.75, 3.05) is 5.32 Å². The molecule has 30 heavy (non-hydrogen) atoms. The number of carbonyl (C=O) groups excluding carboxylic acids is 1. The normalized spacial score (nSPS) is 10.8. The smallest absolute Gasteiger partial charge is 0.349 e. The summed E-state index contributed by atoms with van der Waals surface area (Å²) in [6.07, 6.45) is 0. The van der Waals surface area contributed by atoms with E-state index in [1.165, 1.54) is 12.1 Å². The highest BCUT2D eigenvalue weighted by Gasteiger charge is 2.16. The fourth-order valence-electron chi connectivity index (χ4n) is 2.76. The number of amides is 1. The minimum atomic E-state index is -0.799. The first-order valence-electron chi connectivity index (χ1n) is 8.67. The van der Waals surface area contributed by atoms with Gasteiger partial charge in [-0.2, -0.15) is 0 Å². The van der Waals surface area contributed by atoms with Crippen molar-refractivity contribution in [1.82, 2.24) is 0 Å². The van der Waals surface area contributed by atoms with Crippen LogP contribution in [0.3, 0.4) is 0 Å². The van der Waals surface area contributed by atoms with Gasteiger partial charge in [0, 0.05) is 21.1 Å². The summed E-state index contributed by atoms with van der Waals surface area (Å²) in [5.41, 5.74) is -0.312. The van der Waals surface area contributed by atoms with Gasteiger partial charge in [-0.05, 0) is 66.7 Å². The zero-order chi connectivity index (χ0) is 21.3. The van der Waals surface area contributed by atoms with Crippen molar-refractivity contribution in [1.29, 1.82) is 0 Å². The van der Waals surface area contributed by atoms with E-state index >= 15 is 0 Å². The van der Waals surface area contributed by atoms with Gasteiger partial charge < -0.3 is 14.5 Å². The predicted octanol–water partition coefficient (Wildman–Crippen LogP) is 6.80. The van der Waals surface area contributed by atoms with Gasteiger partial charge in [0.2, 0.25) is 0 Å². The van der Waals surface area contributed by atoms with Crippen molar-refractivity contribution in [3.8, 4) is 11.5 Å². The second-order valence-electron chi connectivity index (χ2n) is 6.29. The average Bonchev–Trinajstić information content (AvgIpc) is 2.71. The Hall–Kier alpha value is -2.99. The van der Waals surface area contributed by atoms with Gasteiger partial charge in [-0.3, -0.25) is 4.79 Å². The molecular weight excluding hydrogens is 449 g/mol. The summed E-state index contributed by atoms with van der Waals surface area (Å²) in [6.45, 7) is 0. The molecule has 1 aromatic heterocycles. The minimum Gasteiger partial charge on any atom is -0.457 e. The van der Waals surface area contributed by atoms with Crippen molar-refractivity contribution in [2.24, 2.45) is 0 Å². The van der Waals surface area contributed by atoms with Crippen LogP contribution in [-0.4, -0.2) is 5.91 Å². The first-order chi connectivity index (χ1) is 14.4. The number of hydrogen-bond acceptors (Lipinski definition) is 4. The third-order valence-electron chi connectivity index (χ3n) is 4.16. The quantitative estimate of drug-likeness (QED) is 0.340. The van der Waals surface area contributed by atoms with Crippen LogP contribution in [0, 0.1) is 0 Å². The fourth-order valence-corrected chi connectivity index (χ4v) is 3.43. The Morgan fingerprint density at radius 1 is 0.833 bits per heavy atom. The van der Waals surface area contributed by atoms with Crippen LogP contribution in [0.5, 0.6) is 11.5 Å². The minimum absolute atomic E-state index is 0.165. The van der Waals surface area contributed by atoms with Crippen LogP contribution in [0.2, 0.25) is 15.1 Å². The lowest BCUT2D eigenvalue weighted by atomic mass is 10.1. The summed E-state index contributed by atoms with van der Waals surface area (Å²) in [6, 6.07) is 18.0. The molecule has 0 radical (unpaired) electrons. The number of benzene rings is 3. The number of anilines is 1. The molecule has 3 aromatic carbocycles. The Kier molecular flexibility index (Phi) is 5.68. The predicted molar refractivity (Wildman–Crippen MR) is 118 cm³/mol. The fraction of sp³-hybridized carbons (Fsp3) is 0. The first-order valence-corrected chi connectivity index (χ1v) is 9.80. The number of carbonyl (C=O) groups is 1. The van der Waals surface area contributed by atoms with Crippen LogP contribution in [-0.2, 0) is 0 Å². The number of rotatable bonds is 4. The van der Waals surface area contributed by atoms with E-state index in [2.05, 4.69) is 5.32 Å². The zero-order valence-electron chi connectivity index (χ0n) is 15.1. The number of hydrogen-bond donors (Lipinski definition) is 1. The number of nitrogens with one attached hydrogen (secondary N) is 1. The molecular formula is C22H12Cl3NO4. The van der Waals surface area contributed by atoms with Crippen molar-refractivity contribution in [3.05, 3.63) is 97.8 Å². The van der Waals surface area contributed by atoms with E-state index in [1.54, 1.807) is 54.6 Å². The van der Waals surface area contributed by atoms with E-state index in [0.29, 0.717) is 32.6 Å². The Balaban J connectivity index is 1.53.